The van der Waals surface area contributed by atoms with E-state index < -0.39 is 10.0 Å². The first-order valence-corrected chi connectivity index (χ1v) is 10.2. The quantitative estimate of drug-likeness (QED) is 0.832. The van der Waals surface area contributed by atoms with E-state index >= 15 is 0 Å². The van der Waals surface area contributed by atoms with Gasteiger partial charge in [-0.2, -0.15) is 4.31 Å². The smallest absolute Gasteiger partial charge is 0.252 e. The summed E-state index contributed by atoms with van der Waals surface area (Å²) < 4.78 is 27.3. The van der Waals surface area contributed by atoms with Crippen LogP contribution in [0.15, 0.2) is 52.1 Å². The van der Waals surface area contributed by atoms with Crippen molar-refractivity contribution in [2.24, 2.45) is 0 Å². The second-order valence-corrected chi connectivity index (χ2v) is 9.03. The van der Waals surface area contributed by atoms with Gasteiger partial charge in [0.1, 0.15) is 4.21 Å². The molecule has 6 heteroatoms. The molecule has 1 unspecified atom stereocenters. The molecule has 2 heterocycles. The minimum absolute atomic E-state index is 0.238. The molecule has 1 atom stereocenters. The lowest BCUT2D eigenvalue weighted by Gasteiger charge is -2.39. The summed E-state index contributed by atoms with van der Waals surface area (Å²) >= 11 is 1.29. The van der Waals surface area contributed by atoms with Gasteiger partial charge in [-0.25, -0.2) is 8.42 Å². The molecule has 0 amide bonds. The molecule has 0 saturated carbocycles. The largest absolute Gasteiger partial charge is 0.298 e. The maximum atomic E-state index is 12.6. The highest BCUT2D eigenvalue weighted by molar-refractivity contribution is 7.91. The number of hydrogen-bond donors (Lipinski definition) is 0. The standard InChI is InChI=1S/C17H22N2O2S2/c1-15-14-19(23(20,21)17-8-5-13-22-17)12-11-18(15)10-9-16-6-3-2-4-7-16/h2-8,13,15H,9-12,14H2,1H3. The van der Waals surface area contributed by atoms with Crippen LogP contribution in [0.4, 0.5) is 0 Å². The third-order valence-electron chi connectivity index (χ3n) is 4.35. The minimum atomic E-state index is -3.32. The lowest BCUT2D eigenvalue weighted by molar-refractivity contribution is 0.130. The van der Waals surface area contributed by atoms with Crippen molar-refractivity contribution >= 4 is 21.4 Å². The van der Waals surface area contributed by atoms with Gasteiger partial charge in [0.2, 0.25) is 0 Å². The van der Waals surface area contributed by atoms with Crippen LogP contribution in [0.25, 0.3) is 0 Å². The van der Waals surface area contributed by atoms with E-state index in [-0.39, 0.29) is 6.04 Å². The molecule has 2 aromatic rings. The van der Waals surface area contributed by atoms with Gasteiger partial charge >= 0.3 is 0 Å². The molecule has 1 aliphatic rings. The fourth-order valence-electron chi connectivity index (χ4n) is 2.97. The molecular weight excluding hydrogens is 328 g/mol. The molecule has 1 aromatic heterocycles. The number of nitrogens with zero attached hydrogens (tertiary/aromatic N) is 2. The topological polar surface area (TPSA) is 40.6 Å². The van der Waals surface area contributed by atoms with Crippen molar-refractivity contribution < 1.29 is 8.42 Å². The summed E-state index contributed by atoms with van der Waals surface area (Å²) in [6.45, 7) is 5.01. The van der Waals surface area contributed by atoms with Gasteiger partial charge in [-0.05, 0) is 30.4 Å². The van der Waals surface area contributed by atoms with Crippen molar-refractivity contribution in [3.63, 3.8) is 0 Å². The van der Waals surface area contributed by atoms with Crippen LogP contribution in [0.3, 0.4) is 0 Å². The Bertz CT molecular complexity index is 714. The number of hydrogen-bond acceptors (Lipinski definition) is 4. The van der Waals surface area contributed by atoms with Gasteiger partial charge in [-0.1, -0.05) is 36.4 Å². The number of benzene rings is 1. The third-order valence-corrected chi connectivity index (χ3v) is 7.59. The summed E-state index contributed by atoms with van der Waals surface area (Å²) in [5, 5.41) is 1.81. The molecule has 0 aliphatic carbocycles. The normalized spacial score (nSPS) is 20.7. The fraction of sp³-hybridized carbons (Fsp3) is 0.412. The highest BCUT2D eigenvalue weighted by Gasteiger charge is 2.32. The molecule has 4 nitrogen and oxygen atoms in total. The van der Waals surface area contributed by atoms with Crippen LogP contribution < -0.4 is 0 Å². The summed E-state index contributed by atoms with van der Waals surface area (Å²) in [4.78, 5) is 2.38. The minimum Gasteiger partial charge on any atom is -0.298 e. The van der Waals surface area contributed by atoms with Crippen molar-refractivity contribution in [2.75, 3.05) is 26.2 Å². The molecule has 0 bridgehead atoms. The van der Waals surface area contributed by atoms with Crippen LogP contribution >= 0.6 is 11.3 Å². The Balaban J connectivity index is 1.59. The maximum Gasteiger partial charge on any atom is 0.252 e. The number of sulfonamides is 1. The van der Waals surface area contributed by atoms with Gasteiger partial charge in [0.05, 0.1) is 0 Å². The molecule has 0 spiro atoms. The van der Waals surface area contributed by atoms with Gasteiger partial charge in [0, 0.05) is 32.2 Å². The number of thiophene rings is 1. The summed E-state index contributed by atoms with van der Waals surface area (Å²) in [7, 11) is -3.32. The Kier molecular flexibility index (Phi) is 5.16. The van der Waals surface area contributed by atoms with E-state index in [9.17, 15) is 8.42 Å². The Hall–Kier alpha value is -1.21. The van der Waals surface area contributed by atoms with Crippen LogP contribution in [0, 0.1) is 0 Å². The van der Waals surface area contributed by atoms with Gasteiger partial charge in [-0.3, -0.25) is 4.90 Å². The summed E-state index contributed by atoms with van der Waals surface area (Å²) in [5.74, 6) is 0. The Morgan fingerprint density at radius 3 is 2.57 bits per heavy atom. The predicted molar refractivity (Wildman–Crippen MR) is 94.3 cm³/mol. The maximum absolute atomic E-state index is 12.6. The predicted octanol–water partition coefficient (Wildman–Crippen LogP) is 2.69. The Labute approximate surface area is 142 Å². The summed E-state index contributed by atoms with van der Waals surface area (Å²) in [6, 6.07) is 14.1. The van der Waals surface area contributed by atoms with E-state index in [2.05, 4.69) is 36.1 Å². The number of rotatable bonds is 5. The van der Waals surface area contributed by atoms with Crippen LogP contribution in [0.5, 0.6) is 0 Å². The second-order valence-electron chi connectivity index (χ2n) is 5.92. The zero-order chi connectivity index (χ0) is 16.3. The van der Waals surface area contributed by atoms with E-state index in [1.807, 2.05) is 11.4 Å². The monoisotopic (exact) mass is 350 g/mol. The highest BCUT2D eigenvalue weighted by atomic mass is 32.2. The van der Waals surface area contributed by atoms with Gasteiger partial charge < -0.3 is 0 Å². The highest BCUT2D eigenvalue weighted by Crippen LogP contribution is 2.23. The molecular formula is C17H22N2O2S2. The molecule has 0 N–H and O–H groups in total. The van der Waals surface area contributed by atoms with Crippen molar-refractivity contribution in [3.8, 4) is 0 Å². The molecule has 0 radical (unpaired) electrons. The van der Waals surface area contributed by atoms with Crippen LogP contribution in [-0.2, 0) is 16.4 Å². The third kappa shape index (κ3) is 3.83. The first kappa shape index (κ1) is 16.6. The van der Waals surface area contributed by atoms with Crippen molar-refractivity contribution in [1.29, 1.82) is 0 Å². The first-order chi connectivity index (χ1) is 11.1. The van der Waals surface area contributed by atoms with E-state index in [4.69, 9.17) is 0 Å². The number of piperazine rings is 1. The second kappa shape index (κ2) is 7.13. The van der Waals surface area contributed by atoms with Crippen molar-refractivity contribution in [1.82, 2.24) is 9.21 Å². The van der Waals surface area contributed by atoms with Crippen LogP contribution in [0.2, 0.25) is 0 Å². The van der Waals surface area contributed by atoms with Gasteiger partial charge in [0.25, 0.3) is 10.0 Å². The van der Waals surface area contributed by atoms with Crippen molar-refractivity contribution in [3.05, 3.63) is 53.4 Å². The molecule has 1 saturated heterocycles. The van der Waals surface area contributed by atoms with Crippen molar-refractivity contribution in [2.45, 2.75) is 23.6 Å². The average molecular weight is 351 g/mol. The van der Waals surface area contributed by atoms with Gasteiger partial charge in [0.15, 0.2) is 0 Å². The van der Waals surface area contributed by atoms with Gasteiger partial charge in [-0.15, -0.1) is 11.3 Å². The first-order valence-electron chi connectivity index (χ1n) is 7.89. The van der Waals surface area contributed by atoms with Crippen LogP contribution in [0.1, 0.15) is 12.5 Å². The zero-order valence-corrected chi connectivity index (χ0v) is 14.9. The lowest BCUT2D eigenvalue weighted by atomic mass is 10.1. The van der Waals surface area contributed by atoms with E-state index in [0.29, 0.717) is 17.3 Å². The van der Waals surface area contributed by atoms with E-state index in [1.54, 1.807) is 16.4 Å². The molecule has 1 aromatic carbocycles. The Morgan fingerprint density at radius 2 is 1.91 bits per heavy atom. The molecule has 23 heavy (non-hydrogen) atoms. The van der Waals surface area contributed by atoms with Crippen LogP contribution in [-0.4, -0.2) is 49.8 Å². The Morgan fingerprint density at radius 1 is 1.13 bits per heavy atom. The van der Waals surface area contributed by atoms with E-state index in [1.165, 1.54) is 16.9 Å². The lowest BCUT2D eigenvalue weighted by Crippen LogP contribution is -2.53. The SMILES string of the molecule is CC1CN(S(=O)(=O)c2cccs2)CCN1CCc1ccccc1. The van der Waals surface area contributed by atoms with E-state index in [0.717, 1.165) is 19.5 Å². The molecule has 1 fully saturated rings. The molecule has 3 rings (SSSR count). The summed E-state index contributed by atoms with van der Waals surface area (Å²) in [5.41, 5.74) is 1.33. The summed E-state index contributed by atoms with van der Waals surface area (Å²) in [6.07, 6.45) is 1.00. The average Bonchev–Trinajstić information content (AvgIpc) is 3.10. The zero-order valence-electron chi connectivity index (χ0n) is 13.3. The molecule has 124 valence electrons. The fourth-order valence-corrected chi connectivity index (χ4v) is 5.62. The molecule has 1 aliphatic heterocycles.